The average Bonchev–Trinajstić information content (AvgIpc) is 2.94. The molecule has 3 aliphatic heterocycles. The minimum atomic E-state index is 0.0281. The van der Waals surface area contributed by atoms with Crippen LogP contribution in [0.4, 0.5) is 0 Å². The van der Waals surface area contributed by atoms with Gasteiger partial charge in [-0.05, 0) is 30.2 Å². The second kappa shape index (κ2) is 6.40. The standard InChI is InChI=1S/C22H30N2O2/c1-15(2)18-12-22(3)14-23(20(26)11-16-7-5-4-6-8-16)13-17-9-10-19(25)24(18)21(17)22/h4-8,15,17-18,21H,9-14H2,1-3H3/t17-,18-,21?,22?/m1/s1. The van der Waals surface area contributed by atoms with Crippen molar-refractivity contribution in [1.82, 2.24) is 9.80 Å². The van der Waals surface area contributed by atoms with E-state index in [1.54, 1.807) is 0 Å². The van der Waals surface area contributed by atoms with Crippen LogP contribution in [0.5, 0.6) is 0 Å². The molecule has 4 atom stereocenters. The zero-order chi connectivity index (χ0) is 18.5. The van der Waals surface area contributed by atoms with E-state index in [1.165, 1.54) is 0 Å². The van der Waals surface area contributed by atoms with Gasteiger partial charge in [-0.2, -0.15) is 0 Å². The largest absolute Gasteiger partial charge is 0.341 e. The lowest BCUT2D eigenvalue weighted by atomic mass is 9.69. The number of benzene rings is 1. The summed E-state index contributed by atoms with van der Waals surface area (Å²) in [4.78, 5) is 30.0. The van der Waals surface area contributed by atoms with Crippen molar-refractivity contribution in [3.63, 3.8) is 0 Å². The lowest BCUT2D eigenvalue weighted by Crippen LogP contribution is -2.62. The fourth-order valence-electron chi connectivity index (χ4n) is 5.73. The molecule has 0 spiro atoms. The van der Waals surface area contributed by atoms with E-state index < -0.39 is 0 Å². The van der Waals surface area contributed by atoms with Crippen molar-refractivity contribution < 1.29 is 9.59 Å². The van der Waals surface area contributed by atoms with Gasteiger partial charge in [0.05, 0.1) is 6.42 Å². The molecular formula is C22H30N2O2. The van der Waals surface area contributed by atoms with Crippen LogP contribution in [-0.2, 0) is 16.0 Å². The van der Waals surface area contributed by atoms with Crippen molar-refractivity contribution in [3.8, 4) is 0 Å². The van der Waals surface area contributed by atoms with Crippen LogP contribution in [0, 0.1) is 17.3 Å². The molecule has 3 fully saturated rings. The fourth-order valence-corrected chi connectivity index (χ4v) is 5.73. The highest BCUT2D eigenvalue weighted by Gasteiger charge is 2.59. The van der Waals surface area contributed by atoms with E-state index in [1.807, 2.05) is 30.3 Å². The Labute approximate surface area is 156 Å². The van der Waals surface area contributed by atoms with Crippen LogP contribution in [0.3, 0.4) is 0 Å². The summed E-state index contributed by atoms with van der Waals surface area (Å²) in [5.41, 5.74) is 1.11. The topological polar surface area (TPSA) is 40.6 Å². The minimum absolute atomic E-state index is 0.0281. The summed E-state index contributed by atoms with van der Waals surface area (Å²) in [6.45, 7) is 8.34. The summed E-state index contributed by atoms with van der Waals surface area (Å²) in [6, 6.07) is 10.7. The molecule has 0 bridgehead atoms. The van der Waals surface area contributed by atoms with Gasteiger partial charge in [0.15, 0.2) is 0 Å². The maximum Gasteiger partial charge on any atom is 0.227 e. The van der Waals surface area contributed by atoms with Gasteiger partial charge in [-0.25, -0.2) is 0 Å². The highest BCUT2D eigenvalue weighted by atomic mass is 16.2. The third-order valence-corrected chi connectivity index (χ3v) is 6.84. The van der Waals surface area contributed by atoms with Gasteiger partial charge in [0.1, 0.15) is 0 Å². The van der Waals surface area contributed by atoms with Gasteiger partial charge >= 0.3 is 0 Å². The molecule has 26 heavy (non-hydrogen) atoms. The first kappa shape index (κ1) is 17.6. The molecule has 0 saturated carbocycles. The first-order chi connectivity index (χ1) is 12.4. The van der Waals surface area contributed by atoms with Gasteiger partial charge in [0.25, 0.3) is 0 Å². The highest BCUT2D eigenvalue weighted by Crippen LogP contribution is 2.52. The Kier molecular flexibility index (Phi) is 4.32. The quantitative estimate of drug-likeness (QED) is 0.837. The van der Waals surface area contributed by atoms with E-state index in [-0.39, 0.29) is 11.3 Å². The summed E-state index contributed by atoms with van der Waals surface area (Å²) < 4.78 is 0. The van der Waals surface area contributed by atoms with Crippen molar-refractivity contribution in [2.45, 2.75) is 58.5 Å². The van der Waals surface area contributed by atoms with Crippen LogP contribution >= 0.6 is 0 Å². The molecule has 2 amide bonds. The number of carbonyl (C=O) groups excluding carboxylic acids is 2. The van der Waals surface area contributed by atoms with Crippen LogP contribution in [0.15, 0.2) is 30.3 Å². The Morgan fingerprint density at radius 2 is 2.00 bits per heavy atom. The van der Waals surface area contributed by atoms with Gasteiger partial charge in [0.2, 0.25) is 11.8 Å². The molecule has 3 saturated heterocycles. The van der Waals surface area contributed by atoms with Crippen molar-refractivity contribution in [2.75, 3.05) is 13.1 Å². The molecule has 0 radical (unpaired) electrons. The highest BCUT2D eigenvalue weighted by molar-refractivity contribution is 5.80. The Hall–Kier alpha value is -1.84. The van der Waals surface area contributed by atoms with E-state index in [0.29, 0.717) is 42.7 Å². The summed E-state index contributed by atoms with van der Waals surface area (Å²) in [5.74, 6) is 1.45. The van der Waals surface area contributed by atoms with E-state index in [2.05, 4.69) is 30.6 Å². The SMILES string of the molecule is CC(C)[C@H]1CC2(C)CN(C(=O)Cc3ccccc3)C[C@H]3CCC(=O)N1C32. The van der Waals surface area contributed by atoms with Crippen molar-refractivity contribution in [2.24, 2.45) is 17.3 Å². The van der Waals surface area contributed by atoms with E-state index in [0.717, 1.165) is 31.5 Å². The molecule has 4 heteroatoms. The average molecular weight is 354 g/mol. The Morgan fingerprint density at radius 3 is 2.69 bits per heavy atom. The second-order valence-corrected chi connectivity index (χ2v) is 9.15. The third-order valence-electron chi connectivity index (χ3n) is 6.84. The Bertz CT molecular complexity index is 701. The van der Waals surface area contributed by atoms with Gasteiger partial charge in [-0.3, -0.25) is 9.59 Å². The molecule has 4 nitrogen and oxygen atoms in total. The van der Waals surface area contributed by atoms with Gasteiger partial charge in [-0.15, -0.1) is 0 Å². The molecule has 2 unspecified atom stereocenters. The predicted octanol–water partition coefficient (Wildman–Crippen LogP) is 3.11. The lowest BCUT2D eigenvalue weighted by molar-refractivity contribution is -0.148. The second-order valence-electron chi connectivity index (χ2n) is 9.15. The van der Waals surface area contributed by atoms with Crippen LogP contribution < -0.4 is 0 Å². The van der Waals surface area contributed by atoms with Crippen LogP contribution in [0.25, 0.3) is 0 Å². The Morgan fingerprint density at radius 1 is 1.27 bits per heavy atom. The molecule has 4 rings (SSSR count). The number of carbonyl (C=O) groups is 2. The molecule has 3 aliphatic rings. The summed E-state index contributed by atoms with van der Waals surface area (Å²) in [7, 11) is 0. The van der Waals surface area contributed by atoms with Crippen molar-refractivity contribution >= 4 is 11.8 Å². The molecular weight excluding hydrogens is 324 g/mol. The maximum absolute atomic E-state index is 13.0. The molecule has 0 N–H and O–H groups in total. The van der Waals surface area contributed by atoms with Crippen LogP contribution in [-0.4, -0.2) is 46.8 Å². The zero-order valence-corrected chi connectivity index (χ0v) is 16.1. The molecule has 1 aromatic rings. The number of hydrogen-bond donors (Lipinski definition) is 0. The third kappa shape index (κ3) is 2.83. The van der Waals surface area contributed by atoms with Crippen molar-refractivity contribution in [3.05, 3.63) is 35.9 Å². The number of likely N-dealkylation sites (tertiary alicyclic amines) is 1. The lowest BCUT2D eigenvalue weighted by Gasteiger charge is -2.51. The van der Waals surface area contributed by atoms with Crippen LogP contribution in [0.2, 0.25) is 0 Å². The predicted molar refractivity (Wildman–Crippen MR) is 101 cm³/mol. The first-order valence-corrected chi connectivity index (χ1v) is 10.0. The minimum Gasteiger partial charge on any atom is -0.341 e. The number of hydrogen-bond acceptors (Lipinski definition) is 2. The molecule has 140 valence electrons. The molecule has 0 aliphatic carbocycles. The fraction of sp³-hybridized carbons (Fsp3) is 0.636. The van der Waals surface area contributed by atoms with E-state index in [9.17, 15) is 9.59 Å². The zero-order valence-electron chi connectivity index (χ0n) is 16.1. The molecule has 0 aromatic heterocycles. The number of nitrogens with zero attached hydrogens (tertiary/aromatic N) is 2. The normalized spacial score (nSPS) is 33.5. The van der Waals surface area contributed by atoms with Crippen molar-refractivity contribution in [1.29, 1.82) is 0 Å². The van der Waals surface area contributed by atoms with E-state index in [4.69, 9.17) is 0 Å². The number of piperidine rings is 2. The van der Waals surface area contributed by atoms with Gasteiger partial charge in [-0.1, -0.05) is 51.1 Å². The summed E-state index contributed by atoms with van der Waals surface area (Å²) in [5, 5.41) is 0. The number of rotatable bonds is 3. The van der Waals surface area contributed by atoms with Crippen LogP contribution in [0.1, 0.15) is 45.6 Å². The monoisotopic (exact) mass is 354 g/mol. The smallest absolute Gasteiger partial charge is 0.227 e. The summed E-state index contributed by atoms with van der Waals surface area (Å²) >= 11 is 0. The Balaban J connectivity index is 1.57. The number of amides is 2. The maximum atomic E-state index is 13.0. The van der Waals surface area contributed by atoms with Gasteiger partial charge < -0.3 is 9.80 Å². The first-order valence-electron chi connectivity index (χ1n) is 10.0. The van der Waals surface area contributed by atoms with Gasteiger partial charge in [0, 0.05) is 37.0 Å². The summed E-state index contributed by atoms with van der Waals surface area (Å²) in [6.07, 6.45) is 3.06. The molecule has 1 aromatic carbocycles. The van der Waals surface area contributed by atoms with E-state index >= 15 is 0 Å². The molecule has 3 heterocycles.